The topological polar surface area (TPSA) is 63.2 Å². The molecule has 0 aliphatic carbocycles. The Labute approximate surface area is 302 Å². The molecule has 1 heterocycles. The fourth-order valence-corrected chi connectivity index (χ4v) is 5.71. The maximum atomic E-state index is 14.9. The second-order valence-electron chi connectivity index (χ2n) is 12.3. The number of carbonyl (C=O) groups is 1. The second-order valence-corrected chi connectivity index (χ2v) is 12.3. The summed E-state index contributed by atoms with van der Waals surface area (Å²) >= 11 is 0. The summed E-state index contributed by atoms with van der Waals surface area (Å²) in [5.41, 5.74) is 2.99. The zero-order valence-corrected chi connectivity index (χ0v) is 28.3. The van der Waals surface area contributed by atoms with E-state index in [1.807, 2.05) is 60.7 Å². The Morgan fingerprint density at radius 1 is 0.547 bits per heavy atom. The number of alkyl halides is 5. The number of halogens is 7. The van der Waals surface area contributed by atoms with Crippen molar-refractivity contribution in [3.05, 3.63) is 155 Å². The first-order valence-corrected chi connectivity index (χ1v) is 16.7. The third-order valence-electron chi connectivity index (χ3n) is 8.44. The van der Waals surface area contributed by atoms with E-state index in [1.165, 1.54) is 0 Å². The molecule has 13 heteroatoms. The predicted octanol–water partition coefficient (Wildman–Crippen LogP) is 9.03. The van der Waals surface area contributed by atoms with Crippen LogP contribution in [-0.2, 0) is 54.9 Å². The highest BCUT2D eigenvalue weighted by Crippen LogP contribution is 2.43. The molecule has 1 aliphatic heterocycles. The average Bonchev–Trinajstić information content (AvgIpc) is 3.16. The van der Waals surface area contributed by atoms with Gasteiger partial charge in [0.15, 0.2) is 5.78 Å². The molecule has 0 bridgehead atoms. The zero-order valence-electron chi connectivity index (χ0n) is 28.3. The van der Waals surface area contributed by atoms with E-state index in [4.69, 9.17) is 23.7 Å². The molecule has 0 saturated carbocycles. The Morgan fingerprint density at radius 3 is 1.34 bits per heavy atom. The van der Waals surface area contributed by atoms with Crippen LogP contribution in [0, 0.1) is 0 Å². The Hall–Kier alpha value is -4.40. The minimum absolute atomic E-state index is 0.0130. The van der Waals surface area contributed by atoms with Crippen LogP contribution < -0.4 is 0 Å². The standard InChI is InChI=1S/C40H37F7O6/c41-34(38(42)39(43,44)40(45,46)47)31(48)21-32-35(50-23-28-15-7-2-8-16-28)37(52-25-30-19-11-4-12-20-30)36(51-24-29-17-9-3-10-18-29)33(53-32)26-49-22-27-13-5-1-6-14-27/h1-20,32-33,35-37H,21-26H2/b38-34+/t32-,33+,35-,36+,37+/m0/s1. The first kappa shape index (κ1) is 39.8. The molecule has 6 nitrogen and oxygen atoms in total. The van der Waals surface area contributed by atoms with Crippen LogP contribution in [0.15, 0.2) is 133 Å². The number of hydrogen-bond acceptors (Lipinski definition) is 6. The van der Waals surface area contributed by atoms with Crippen LogP contribution in [-0.4, -0.2) is 55.0 Å². The molecular weight excluding hydrogens is 709 g/mol. The molecule has 282 valence electrons. The van der Waals surface area contributed by atoms with Gasteiger partial charge in [-0.2, -0.15) is 26.3 Å². The lowest BCUT2D eigenvalue weighted by molar-refractivity contribution is -0.273. The van der Waals surface area contributed by atoms with Gasteiger partial charge in [0.25, 0.3) is 0 Å². The lowest BCUT2D eigenvalue weighted by Gasteiger charge is -2.46. The van der Waals surface area contributed by atoms with Crippen LogP contribution in [0.5, 0.6) is 0 Å². The first-order chi connectivity index (χ1) is 25.4. The summed E-state index contributed by atoms with van der Waals surface area (Å²) in [7, 11) is 0. The zero-order chi connectivity index (χ0) is 37.8. The highest BCUT2D eigenvalue weighted by molar-refractivity contribution is 5.94. The molecule has 0 N–H and O–H groups in total. The minimum Gasteiger partial charge on any atom is -0.374 e. The number of benzene rings is 4. The van der Waals surface area contributed by atoms with Crippen molar-refractivity contribution in [2.75, 3.05) is 6.61 Å². The predicted molar refractivity (Wildman–Crippen MR) is 180 cm³/mol. The van der Waals surface area contributed by atoms with E-state index in [2.05, 4.69) is 0 Å². The molecule has 1 saturated heterocycles. The van der Waals surface area contributed by atoms with E-state index < -0.39 is 66.5 Å². The van der Waals surface area contributed by atoms with E-state index in [9.17, 15) is 35.5 Å². The monoisotopic (exact) mass is 746 g/mol. The molecule has 5 rings (SSSR count). The Kier molecular flexibility index (Phi) is 13.9. The summed E-state index contributed by atoms with van der Waals surface area (Å²) in [4.78, 5) is 13.0. The van der Waals surface area contributed by atoms with Crippen molar-refractivity contribution >= 4 is 5.78 Å². The molecule has 0 radical (unpaired) electrons. The number of ketones is 1. The molecule has 53 heavy (non-hydrogen) atoms. The van der Waals surface area contributed by atoms with Gasteiger partial charge < -0.3 is 23.7 Å². The maximum Gasteiger partial charge on any atom is 0.460 e. The van der Waals surface area contributed by atoms with Gasteiger partial charge in [-0.1, -0.05) is 121 Å². The highest BCUT2D eigenvalue weighted by Gasteiger charge is 2.63. The Balaban J connectivity index is 1.51. The number of hydrogen-bond donors (Lipinski definition) is 0. The molecule has 0 aromatic heterocycles. The van der Waals surface area contributed by atoms with Gasteiger partial charge in [0.2, 0.25) is 11.7 Å². The fourth-order valence-electron chi connectivity index (χ4n) is 5.71. The van der Waals surface area contributed by atoms with Gasteiger partial charge in [0, 0.05) is 6.42 Å². The van der Waals surface area contributed by atoms with Crippen molar-refractivity contribution in [3.63, 3.8) is 0 Å². The lowest BCUT2D eigenvalue weighted by atomic mass is 9.91. The van der Waals surface area contributed by atoms with E-state index in [1.54, 1.807) is 60.7 Å². The molecular formula is C40H37F7O6. The van der Waals surface area contributed by atoms with E-state index >= 15 is 0 Å². The van der Waals surface area contributed by atoms with E-state index in [-0.39, 0.29) is 33.0 Å². The largest absolute Gasteiger partial charge is 0.460 e. The number of ether oxygens (including phenoxy) is 5. The second kappa shape index (κ2) is 18.6. The number of carbonyl (C=O) groups excluding carboxylic acids is 1. The van der Waals surface area contributed by atoms with Crippen molar-refractivity contribution in [3.8, 4) is 0 Å². The third-order valence-corrected chi connectivity index (χ3v) is 8.44. The molecule has 4 aromatic rings. The lowest BCUT2D eigenvalue weighted by Crippen LogP contribution is -2.61. The molecule has 1 fully saturated rings. The molecule has 4 aromatic carbocycles. The van der Waals surface area contributed by atoms with Gasteiger partial charge in [-0.25, -0.2) is 4.39 Å². The summed E-state index contributed by atoms with van der Waals surface area (Å²) < 4.78 is 127. The van der Waals surface area contributed by atoms with Crippen molar-refractivity contribution in [1.82, 2.24) is 0 Å². The number of Topliss-reactive ketones (excluding diaryl/α,β-unsaturated/α-hetero) is 1. The van der Waals surface area contributed by atoms with Gasteiger partial charge in [-0.3, -0.25) is 4.79 Å². The quantitative estimate of drug-likeness (QED) is 0.0795. The van der Waals surface area contributed by atoms with Crippen molar-refractivity contribution < 1.29 is 59.2 Å². The van der Waals surface area contributed by atoms with Gasteiger partial charge in [-0.05, 0) is 22.3 Å². The van der Waals surface area contributed by atoms with Crippen LogP contribution in [0.4, 0.5) is 30.7 Å². The van der Waals surface area contributed by atoms with Gasteiger partial charge in [0.05, 0.1) is 39.1 Å². The maximum absolute atomic E-state index is 14.9. The van der Waals surface area contributed by atoms with E-state index in [0.29, 0.717) is 5.56 Å². The van der Waals surface area contributed by atoms with Crippen LogP contribution >= 0.6 is 0 Å². The summed E-state index contributed by atoms with van der Waals surface area (Å²) in [5.74, 6) is -14.6. The Morgan fingerprint density at radius 2 is 0.925 bits per heavy atom. The summed E-state index contributed by atoms with van der Waals surface area (Å²) in [6.45, 7) is -0.132. The van der Waals surface area contributed by atoms with Crippen LogP contribution in [0.2, 0.25) is 0 Å². The van der Waals surface area contributed by atoms with Crippen LogP contribution in [0.25, 0.3) is 0 Å². The summed E-state index contributed by atoms with van der Waals surface area (Å²) in [6, 6.07) is 35.9. The van der Waals surface area contributed by atoms with Crippen molar-refractivity contribution in [2.45, 2.75) is 75.5 Å². The van der Waals surface area contributed by atoms with Crippen LogP contribution in [0.3, 0.4) is 0 Å². The fraction of sp³-hybridized carbons (Fsp3) is 0.325. The SMILES string of the molecule is O=C(C[C@@H]1O[C@H](COCc2ccccc2)[C@@H](OCc2ccccc2)[C@H](OCc2ccccc2)[C@H]1OCc1ccccc1)/C(F)=C(\F)C(F)(F)C(F)(F)F. The molecule has 0 amide bonds. The number of rotatable bonds is 17. The molecule has 5 atom stereocenters. The van der Waals surface area contributed by atoms with E-state index in [0.717, 1.165) is 16.7 Å². The average molecular weight is 747 g/mol. The highest BCUT2D eigenvalue weighted by atomic mass is 19.4. The molecule has 0 spiro atoms. The first-order valence-electron chi connectivity index (χ1n) is 16.7. The minimum atomic E-state index is -6.49. The Bertz CT molecular complexity index is 1740. The number of allylic oxidation sites excluding steroid dienone is 2. The third kappa shape index (κ3) is 10.8. The van der Waals surface area contributed by atoms with Gasteiger partial charge in [0.1, 0.15) is 24.4 Å². The smallest absolute Gasteiger partial charge is 0.374 e. The molecule has 1 aliphatic rings. The van der Waals surface area contributed by atoms with Gasteiger partial charge in [-0.15, -0.1) is 0 Å². The summed E-state index contributed by atoms with van der Waals surface area (Å²) in [6.07, 6.45) is -13.7. The van der Waals surface area contributed by atoms with Crippen molar-refractivity contribution in [2.24, 2.45) is 0 Å². The summed E-state index contributed by atoms with van der Waals surface area (Å²) in [5, 5.41) is 0. The normalized spacial score (nSPS) is 21.2. The van der Waals surface area contributed by atoms with Gasteiger partial charge >= 0.3 is 12.1 Å². The van der Waals surface area contributed by atoms with Crippen LogP contribution in [0.1, 0.15) is 28.7 Å². The molecule has 0 unspecified atom stereocenters. The van der Waals surface area contributed by atoms with Crippen molar-refractivity contribution in [1.29, 1.82) is 0 Å².